The Morgan fingerprint density at radius 1 is 1.00 bits per heavy atom. The predicted molar refractivity (Wildman–Crippen MR) is 114 cm³/mol. The molecule has 31 heavy (non-hydrogen) atoms. The monoisotopic (exact) mass is 420 g/mol. The van der Waals surface area contributed by atoms with Crippen LogP contribution in [0.25, 0.3) is 0 Å². The third-order valence-electron chi connectivity index (χ3n) is 6.29. The molecule has 1 fully saturated rings. The predicted octanol–water partition coefficient (Wildman–Crippen LogP) is 4.62. The van der Waals surface area contributed by atoms with Crippen LogP contribution < -0.4 is 10.1 Å². The number of halogens is 2. The van der Waals surface area contributed by atoms with Gasteiger partial charge in [0.1, 0.15) is 17.4 Å². The average Bonchev–Trinajstić information content (AvgIpc) is 2.75. The van der Waals surface area contributed by atoms with Gasteiger partial charge in [0, 0.05) is 36.4 Å². The van der Waals surface area contributed by atoms with E-state index < -0.39 is 23.1 Å². The molecular weight excluding hydrogens is 398 g/mol. The first-order chi connectivity index (χ1) is 15.0. The number of ketones is 1. The van der Waals surface area contributed by atoms with Gasteiger partial charge in [-0.05, 0) is 42.0 Å². The van der Waals surface area contributed by atoms with Crippen LogP contribution in [0.1, 0.15) is 27.4 Å². The second kappa shape index (κ2) is 7.46. The van der Waals surface area contributed by atoms with Crippen LogP contribution in [0.15, 0.2) is 66.7 Å². The zero-order valence-corrected chi connectivity index (χ0v) is 17.1. The van der Waals surface area contributed by atoms with E-state index in [9.17, 15) is 13.6 Å². The zero-order chi connectivity index (χ0) is 21.6. The number of rotatable bonds is 4. The van der Waals surface area contributed by atoms with E-state index >= 15 is 0 Å². The first-order valence-electron chi connectivity index (χ1n) is 10.2. The molecule has 0 aromatic heterocycles. The summed E-state index contributed by atoms with van der Waals surface area (Å²) in [6, 6.07) is 18.9. The van der Waals surface area contributed by atoms with Crippen LogP contribution in [0.3, 0.4) is 0 Å². The van der Waals surface area contributed by atoms with Crippen LogP contribution in [0, 0.1) is 11.6 Å². The van der Waals surface area contributed by atoms with Crippen LogP contribution in [0.5, 0.6) is 5.75 Å². The minimum atomic E-state index is -0.550. The number of nitrogens with zero attached hydrogens (tertiary/aromatic N) is 1. The average molecular weight is 420 g/mol. The highest BCUT2D eigenvalue weighted by Gasteiger charge is 2.55. The first-order valence-corrected chi connectivity index (χ1v) is 10.2. The smallest absolute Gasteiger partial charge is 0.174 e. The number of ether oxygens (including phenoxy) is 1. The number of para-hydroxylation sites is 1. The van der Waals surface area contributed by atoms with Crippen LogP contribution in [0.2, 0.25) is 0 Å². The summed E-state index contributed by atoms with van der Waals surface area (Å²) in [5.41, 5.74) is 1.87. The number of hydrogen-bond acceptors (Lipinski definition) is 4. The molecule has 158 valence electrons. The molecule has 5 rings (SSSR count). The van der Waals surface area contributed by atoms with E-state index in [4.69, 9.17) is 4.74 Å². The molecule has 0 bridgehead atoms. The maximum atomic E-state index is 14.1. The van der Waals surface area contributed by atoms with Crippen LogP contribution in [0.4, 0.5) is 14.5 Å². The molecule has 1 saturated heterocycles. The third kappa shape index (κ3) is 3.27. The van der Waals surface area contributed by atoms with Crippen molar-refractivity contribution in [2.75, 3.05) is 25.5 Å². The molecule has 1 N–H and O–H groups in total. The Hall–Kier alpha value is -3.25. The topological polar surface area (TPSA) is 41.6 Å². The minimum absolute atomic E-state index is 0.0521. The lowest BCUT2D eigenvalue weighted by molar-refractivity contribution is 0.0468. The normalized spacial score (nSPS) is 19.5. The molecule has 0 aliphatic carbocycles. The number of hydrogen-bond donors (Lipinski definition) is 1. The Morgan fingerprint density at radius 3 is 2.35 bits per heavy atom. The van der Waals surface area contributed by atoms with Crippen LogP contribution >= 0.6 is 0 Å². The van der Waals surface area contributed by atoms with Crippen molar-refractivity contribution in [2.45, 2.75) is 18.0 Å². The quantitative estimate of drug-likeness (QED) is 0.669. The van der Waals surface area contributed by atoms with E-state index in [1.807, 2.05) is 53.4 Å². The lowest BCUT2D eigenvalue weighted by Gasteiger charge is -2.56. The van der Waals surface area contributed by atoms with Gasteiger partial charge in [0.25, 0.3) is 0 Å². The molecule has 3 aromatic rings. The van der Waals surface area contributed by atoms with Crippen molar-refractivity contribution in [1.82, 2.24) is 4.90 Å². The number of likely N-dealkylation sites (tertiary alicyclic amines) is 1. The molecule has 0 radical (unpaired) electrons. The van der Waals surface area contributed by atoms with Gasteiger partial charge in [-0.3, -0.25) is 9.69 Å². The Kier molecular flexibility index (Phi) is 4.74. The lowest BCUT2D eigenvalue weighted by atomic mass is 9.67. The van der Waals surface area contributed by atoms with E-state index in [0.717, 1.165) is 17.0 Å². The number of benzene rings is 3. The molecule has 2 aliphatic heterocycles. The molecule has 2 heterocycles. The molecule has 0 saturated carbocycles. The Balaban J connectivity index is 1.47. The largest absolute Gasteiger partial charge is 0.497 e. The molecule has 6 heteroatoms. The summed E-state index contributed by atoms with van der Waals surface area (Å²) >= 11 is 0. The fourth-order valence-corrected chi connectivity index (χ4v) is 4.85. The molecule has 2 aliphatic rings. The summed E-state index contributed by atoms with van der Waals surface area (Å²) in [7, 11) is 1.60. The summed E-state index contributed by atoms with van der Waals surface area (Å²) < 4.78 is 33.5. The van der Waals surface area contributed by atoms with Gasteiger partial charge in [-0.25, -0.2) is 8.78 Å². The van der Waals surface area contributed by atoms with Crippen molar-refractivity contribution in [1.29, 1.82) is 0 Å². The second-order valence-corrected chi connectivity index (χ2v) is 8.24. The van der Waals surface area contributed by atoms with E-state index in [1.165, 1.54) is 18.2 Å². The van der Waals surface area contributed by atoms with E-state index in [2.05, 4.69) is 5.32 Å². The van der Waals surface area contributed by atoms with Crippen LogP contribution in [-0.4, -0.2) is 36.4 Å². The number of methoxy groups -OCH3 is 1. The van der Waals surface area contributed by atoms with Gasteiger partial charge in [-0.15, -0.1) is 0 Å². The summed E-state index contributed by atoms with van der Waals surface area (Å²) in [6.07, 6.45) is 0. The molecule has 3 aromatic carbocycles. The van der Waals surface area contributed by atoms with Crippen molar-refractivity contribution in [3.05, 3.63) is 95.1 Å². The third-order valence-corrected chi connectivity index (χ3v) is 6.29. The number of nitrogens with one attached hydrogen (secondary N) is 1. The van der Waals surface area contributed by atoms with Crippen molar-refractivity contribution < 1.29 is 18.3 Å². The summed E-state index contributed by atoms with van der Waals surface area (Å²) in [4.78, 5) is 15.5. The maximum absolute atomic E-state index is 14.1. The van der Waals surface area contributed by atoms with Gasteiger partial charge >= 0.3 is 0 Å². The Labute approximate surface area is 179 Å². The highest BCUT2D eigenvalue weighted by Crippen LogP contribution is 2.46. The Bertz CT molecular complexity index is 1120. The standard InChI is InChI=1S/C25H22F2N2O2/c1-31-17-11-9-16(10-12-17)23-24(30)18-5-2-3-8-22(18)28-25(23)14-29(15-25)13-19-20(26)6-4-7-21(19)27/h2-12,23,28H,13-15H2,1H3. The highest BCUT2D eigenvalue weighted by molar-refractivity contribution is 6.08. The van der Waals surface area contributed by atoms with Gasteiger partial charge in [0.2, 0.25) is 0 Å². The van der Waals surface area contributed by atoms with Gasteiger partial charge in [0.05, 0.1) is 18.6 Å². The van der Waals surface area contributed by atoms with Gasteiger partial charge in [-0.1, -0.05) is 30.3 Å². The molecule has 1 spiro atoms. The number of anilines is 1. The van der Waals surface area contributed by atoms with Crippen molar-refractivity contribution in [2.24, 2.45) is 0 Å². The molecular formula is C25H22F2N2O2. The van der Waals surface area contributed by atoms with Crippen LogP contribution in [-0.2, 0) is 6.54 Å². The zero-order valence-electron chi connectivity index (χ0n) is 17.1. The van der Waals surface area contributed by atoms with Crippen molar-refractivity contribution in [3.63, 3.8) is 0 Å². The van der Waals surface area contributed by atoms with Crippen molar-refractivity contribution in [3.8, 4) is 5.75 Å². The number of carbonyl (C=O) groups excluding carboxylic acids is 1. The molecule has 1 atom stereocenters. The van der Waals surface area contributed by atoms with Gasteiger partial charge in [0.15, 0.2) is 5.78 Å². The fourth-order valence-electron chi connectivity index (χ4n) is 4.85. The first kappa shape index (κ1) is 19.7. The van der Waals surface area contributed by atoms with Gasteiger partial charge in [-0.2, -0.15) is 0 Å². The second-order valence-electron chi connectivity index (χ2n) is 8.24. The summed E-state index contributed by atoms with van der Waals surface area (Å²) in [6.45, 7) is 1.15. The highest BCUT2D eigenvalue weighted by atomic mass is 19.1. The minimum Gasteiger partial charge on any atom is -0.497 e. The maximum Gasteiger partial charge on any atom is 0.174 e. The van der Waals surface area contributed by atoms with Crippen molar-refractivity contribution >= 4 is 11.5 Å². The number of Topliss-reactive ketones (excluding diaryl/α,β-unsaturated/α-hetero) is 1. The molecule has 4 nitrogen and oxygen atoms in total. The summed E-state index contributed by atoms with van der Waals surface area (Å²) in [5, 5.41) is 3.58. The van der Waals surface area contributed by atoms with Gasteiger partial charge < -0.3 is 10.1 Å². The molecule has 1 unspecified atom stereocenters. The lowest BCUT2D eigenvalue weighted by Crippen LogP contribution is -2.70. The SMILES string of the molecule is COc1ccc(C2C(=O)c3ccccc3NC23CN(Cc2c(F)cccc2F)C3)cc1. The molecule has 0 amide bonds. The van der Waals surface area contributed by atoms with E-state index in [0.29, 0.717) is 18.7 Å². The Morgan fingerprint density at radius 2 is 1.68 bits per heavy atom. The summed E-state index contributed by atoms with van der Waals surface area (Å²) in [5.74, 6) is -0.734. The van der Waals surface area contributed by atoms with E-state index in [1.54, 1.807) is 7.11 Å². The number of fused-ring (bicyclic) bond motifs is 1. The van der Waals surface area contributed by atoms with E-state index in [-0.39, 0.29) is 17.9 Å². The number of carbonyl (C=O) groups is 1. The fraction of sp³-hybridized carbons (Fsp3) is 0.240.